The van der Waals surface area contributed by atoms with Crippen LogP contribution in [0.25, 0.3) is 11.5 Å². The smallest absolute Gasteiger partial charge is 0.338 e. The summed E-state index contributed by atoms with van der Waals surface area (Å²) in [5.74, 6) is 0.281. The largest absolute Gasteiger partial charge is 0.496 e. The van der Waals surface area contributed by atoms with Crippen molar-refractivity contribution in [2.24, 2.45) is 0 Å². The normalized spacial score (nSPS) is 10.7. The fourth-order valence-corrected chi connectivity index (χ4v) is 3.09. The Hall–Kier alpha value is -3.33. The van der Waals surface area contributed by atoms with E-state index in [9.17, 15) is 9.59 Å². The van der Waals surface area contributed by atoms with Crippen LogP contribution in [-0.2, 0) is 9.53 Å². The zero-order valence-corrected chi connectivity index (χ0v) is 17.6. The highest BCUT2D eigenvalue weighted by Crippen LogP contribution is 2.30. The minimum absolute atomic E-state index is 0.0637. The molecule has 0 saturated carbocycles. The highest BCUT2D eigenvalue weighted by Gasteiger charge is 2.15. The van der Waals surface area contributed by atoms with Gasteiger partial charge in [-0.3, -0.25) is 4.79 Å². The van der Waals surface area contributed by atoms with Gasteiger partial charge in [0, 0.05) is 5.69 Å². The number of carbonyl (C=O) groups excluding carboxylic acids is 2. The predicted molar refractivity (Wildman–Crippen MR) is 113 cm³/mol. The van der Waals surface area contributed by atoms with Gasteiger partial charge in [-0.05, 0) is 44.2 Å². The SMILES string of the molecule is COc1ccccc1-c1nnc(SCC(=O)Nc2cccc(C(=O)OC(C)C)c2)o1. The Balaban J connectivity index is 1.58. The maximum absolute atomic E-state index is 12.3. The Bertz CT molecular complexity index is 1030. The summed E-state index contributed by atoms with van der Waals surface area (Å²) in [5, 5.41) is 11.0. The number of thioether (sulfide) groups is 1. The van der Waals surface area contributed by atoms with E-state index in [2.05, 4.69) is 15.5 Å². The molecule has 3 aromatic rings. The molecule has 156 valence electrons. The number of hydrogen-bond acceptors (Lipinski definition) is 8. The third-order valence-electron chi connectivity index (χ3n) is 3.80. The van der Waals surface area contributed by atoms with E-state index in [4.69, 9.17) is 13.9 Å². The van der Waals surface area contributed by atoms with Crippen LogP contribution in [0.4, 0.5) is 5.69 Å². The third-order valence-corrected chi connectivity index (χ3v) is 4.61. The third kappa shape index (κ3) is 5.60. The van der Waals surface area contributed by atoms with Crippen LogP contribution in [0, 0.1) is 0 Å². The predicted octanol–water partition coefficient (Wildman–Crippen LogP) is 4.04. The van der Waals surface area contributed by atoms with Crippen molar-refractivity contribution in [1.29, 1.82) is 0 Å². The number of anilines is 1. The number of amides is 1. The van der Waals surface area contributed by atoms with Gasteiger partial charge in [0.2, 0.25) is 5.91 Å². The second-order valence-electron chi connectivity index (χ2n) is 6.45. The number of ether oxygens (including phenoxy) is 2. The Kier molecular flexibility index (Phi) is 7.08. The van der Waals surface area contributed by atoms with Gasteiger partial charge in [-0.15, -0.1) is 10.2 Å². The van der Waals surface area contributed by atoms with Crippen LogP contribution in [0.5, 0.6) is 5.75 Å². The average Bonchev–Trinajstić information content (AvgIpc) is 3.21. The fraction of sp³-hybridized carbons (Fsp3) is 0.238. The molecule has 0 radical (unpaired) electrons. The molecule has 0 atom stereocenters. The molecule has 0 aliphatic rings. The van der Waals surface area contributed by atoms with Crippen LogP contribution >= 0.6 is 11.8 Å². The molecule has 0 aliphatic carbocycles. The number of nitrogens with one attached hydrogen (secondary N) is 1. The molecule has 1 heterocycles. The van der Waals surface area contributed by atoms with E-state index in [-0.39, 0.29) is 23.0 Å². The van der Waals surface area contributed by atoms with Crippen LogP contribution in [0.15, 0.2) is 58.2 Å². The number of hydrogen-bond donors (Lipinski definition) is 1. The number of rotatable bonds is 8. The molecule has 0 spiro atoms. The second-order valence-corrected chi connectivity index (χ2v) is 7.37. The van der Waals surface area contributed by atoms with E-state index in [1.807, 2.05) is 18.2 Å². The van der Waals surface area contributed by atoms with Crippen molar-refractivity contribution in [3.63, 3.8) is 0 Å². The van der Waals surface area contributed by atoms with Crippen molar-refractivity contribution in [1.82, 2.24) is 10.2 Å². The summed E-state index contributed by atoms with van der Waals surface area (Å²) in [6.45, 7) is 3.55. The van der Waals surface area contributed by atoms with Crippen molar-refractivity contribution in [3.8, 4) is 17.2 Å². The second kappa shape index (κ2) is 9.93. The Labute approximate surface area is 178 Å². The molecular formula is C21H21N3O5S. The van der Waals surface area contributed by atoms with E-state index in [1.165, 1.54) is 0 Å². The van der Waals surface area contributed by atoms with E-state index in [1.54, 1.807) is 51.3 Å². The van der Waals surface area contributed by atoms with Gasteiger partial charge in [0.1, 0.15) is 5.75 Å². The molecule has 8 nitrogen and oxygen atoms in total. The summed E-state index contributed by atoms with van der Waals surface area (Å²) in [4.78, 5) is 24.3. The Morgan fingerprint density at radius 3 is 2.70 bits per heavy atom. The van der Waals surface area contributed by atoms with Gasteiger partial charge >= 0.3 is 5.97 Å². The number of methoxy groups -OCH3 is 1. The van der Waals surface area contributed by atoms with Crippen LogP contribution in [0.2, 0.25) is 0 Å². The lowest BCUT2D eigenvalue weighted by Crippen LogP contribution is -2.15. The van der Waals surface area contributed by atoms with Gasteiger partial charge in [-0.25, -0.2) is 4.79 Å². The van der Waals surface area contributed by atoms with Gasteiger partial charge in [-0.1, -0.05) is 30.0 Å². The van der Waals surface area contributed by atoms with Gasteiger partial charge in [0.05, 0.1) is 30.1 Å². The first-order valence-corrected chi connectivity index (χ1v) is 10.2. The summed E-state index contributed by atoms with van der Waals surface area (Å²) in [5.41, 5.74) is 1.54. The molecule has 9 heteroatoms. The molecule has 2 aromatic carbocycles. The summed E-state index contributed by atoms with van der Waals surface area (Å²) in [7, 11) is 1.56. The van der Waals surface area contributed by atoms with Crippen molar-refractivity contribution in [3.05, 3.63) is 54.1 Å². The molecule has 0 bridgehead atoms. The Morgan fingerprint density at radius 1 is 1.13 bits per heavy atom. The monoisotopic (exact) mass is 427 g/mol. The van der Waals surface area contributed by atoms with E-state index in [0.29, 0.717) is 28.5 Å². The Morgan fingerprint density at radius 2 is 1.93 bits per heavy atom. The van der Waals surface area contributed by atoms with Crippen LogP contribution in [-0.4, -0.2) is 41.0 Å². The lowest BCUT2D eigenvalue weighted by atomic mass is 10.2. The number of benzene rings is 2. The summed E-state index contributed by atoms with van der Waals surface area (Å²) < 4.78 is 16.1. The van der Waals surface area contributed by atoms with Crippen LogP contribution in [0.3, 0.4) is 0 Å². The number of carbonyl (C=O) groups is 2. The molecule has 0 fully saturated rings. The fourth-order valence-electron chi connectivity index (χ4n) is 2.53. The average molecular weight is 427 g/mol. The molecule has 0 aliphatic heterocycles. The van der Waals surface area contributed by atoms with E-state index < -0.39 is 5.97 Å². The summed E-state index contributed by atoms with van der Waals surface area (Å²) in [6.07, 6.45) is -0.220. The highest BCUT2D eigenvalue weighted by molar-refractivity contribution is 7.99. The molecule has 1 amide bonds. The first-order chi connectivity index (χ1) is 14.5. The topological polar surface area (TPSA) is 104 Å². The van der Waals surface area contributed by atoms with Crippen LogP contribution in [0.1, 0.15) is 24.2 Å². The number of nitrogens with zero attached hydrogens (tertiary/aromatic N) is 2. The maximum atomic E-state index is 12.3. The standard InChI is InChI=1S/C21H21N3O5S/c1-13(2)28-20(26)14-7-6-8-15(11-14)22-18(25)12-30-21-24-23-19(29-21)16-9-4-5-10-17(16)27-3/h4-11,13H,12H2,1-3H3,(H,22,25). The lowest BCUT2D eigenvalue weighted by molar-refractivity contribution is -0.113. The number of esters is 1. The summed E-state index contributed by atoms with van der Waals surface area (Å²) >= 11 is 1.11. The zero-order valence-electron chi connectivity index (χ0n) is 16.7. The molecule has 0 unspecified atom stereocenters. The van der Waals surface area contributed by atoms with Crippen molar-refractivity contribution in [2.45, 2.75) is 25.2 Å². The first kappa shape index (κ1) is 21.4. The quantitative estimate of drug-likeness (QED) is 0.424. The minimum Gasteiger partial charge on any atom is -0.496 e. The van der Waals surface area contributed by atoms with E-state index in [0.717, 1.165) is 11.8 Å². The molecule has 0 saturated heterocycles. The van der Waals surface area contributed by atoms with Gasteiger partial charge in [-0.2, -0.15) is 0 Å². The lowest BCUT2D eigenvalue weighted by Gasteiger charge is -2.09. The van der Waals surface area contributed by atoms with Crippen molar-refractivity contribution >= 4 is 29.3 Å². The highest BCUT2D eigenvalue weighted by atomic mass is 32.2. The number of para-hydroxylation sites is 1. The molecule has 3 rings (SSSR count). The van der Waals surface area contributed by atoms with Crippen LogP contribution < -0.4 is 10.1 Å². The molecular weight excluding hydrogens is 406 g/mol. The maximum Gasteiger partial charge on any atom is 0.338 e. The molecule has 1 aromatic heterocycles. The first-order valence-electron chi connectivity index (χ1n) is 9.17. The van der Waals surface area contributed by atoms with E-state index >= 15 is 0 Å². The van der Waals surface area contributed by atoms with Gasteiger partial charge in [0.15, 0.2) is 0 Å². The molecule has 1 N–H and O–H groups in total. The zero-order chi connectivity index (χ0) is 21.5. The van der Waals surface area contributed by atoms with Crippen molar-refractivity contribution in [2.75, 3.05) is 18.2 Å². The van der Waals surface area contributed by atoms with Gasteiger partial charge < -0.3 is 19.2 Å². The molecule has 30 heavy (non-hydrogen) atoms. The summed E-state index contributed by atoms with van der Waals surface area (Å²) in [6, 6.07) is 13.9. The minimum atomic E-state index is -0.440. The van der Waals surface area contributed by atoms with Gasteiger partial charge in [0.25, 0.3) is 11.1 Å². The van der Waals surface area contributed by atoms with Crippen molar-refractivity contribution < 1.29 is 23.5 Å². The number of aromatic nitrogens is 2.